The highest BCUT2D eigenvalue weighted by molar-refractivity contribution is 5.73. The Morgan fingerprint density at radius 1 is 0.958 bits per heavy atom. The smallest absolute Gasteiger partial charge is 0.150 e. The summed E-state index contributed by atoms with van der Waals surface area (Å²) in [5, 5.41) is 9.40. The van der Waals surface area contributed by atoms with Gasteiger partial charge in [0.25, 0.3) is 0 Å². The first-order chi connectivity index (χ1) is 11.8. The maximum absolute atomic E-state index is 5.51. The molecule has 24 heavy (non-hydrogen) atoms. The van der Waals surface area contributed by atoms with Crippen molar-refractivity contribution in [1.29, 1.82) is 0 Å². The number of morpholine rings is 1. The monoisotopic (exact) mass is 324 g/mol. The average Bonchev–Trinajstić information content (AvgIpc) is 3.07. The van der Waals surface area contributed by atoms with Crippen molar-refractivity contribution in [2.45, 2.75) is 6.17 Å². The number of nitrogens with zero attached hydrogens (tertiary/aromatic N) is 4. The van der Waals surface area contributed by atoms with E-state index in [9.17, 15) is 0 Å². The van der Waals surface area contributed by atoms with Crippen LogP contribution < -0.4 is 4.74 Å². The highest BCUT2D eigenvalue weighted by Crippen LogP contribution is 2.25. The Morgan fingerprint density at radius 2 is 1.58 bits per heavy atom. The molecule has 1 fully saturated rings. The standard InChI is InChI=1S/C18H20N4O2/c1-23-15-8-6-14(7-9-15)18(21-10-12-24-13-11-21)22-19-16-4-2-3-5-17(16)20-22/h2-9,18H,10-13H2,1H3. The molecule has 0 bridgehead atoms. The normalized spacial score (nSPS) is 17.0. The molecule has 6 nitrogen and oxygen atoms in total. The van der Waals surface area contributed by atoms with E-state index in [0.29, 0.717) is 0 Å². The van der Waals surface area contributed by atoms with E-state index in [1.807, 2.05) is 41.2 Å². The summed E-state index contributed by atoms with van der Waals surface area (Å²) in [6.07, 6.45) is -0.0489. The number of rotatable bonds is 4. The summed E-state index contributed by atoms with van der Waals surface area (Å²) in [5.74, 6) is 0.845. The van der Waals surface area contributed by atoms with E-state index >= 15 is 0 Å². The van der Waals surface area contributed by atoms with Gasteiger partial charge in [0.05, 0.1) is 20.3 Å². The van der Waals surface area contributed by atoms with Crippen LogP contribution in [0.3, 0.4) is 0 Å². The van der Waals surface area contributed by atoms with Crippen LogP contribution in [-0.2, 0) is 4.74 Å². The molecule has 3 aromatic rings. The van der Waals surface area contributed by atoms with E-state index in [0.717, 1.165) is 48.6 Å². The van der Waals surface area contributed by atoms with Gasteiger partial charge in [-0.15, -0.1) is 0 Å². The summed E-state index contributed by atoms with van der Waals surface area (Å²) in [4.78, 5) is 4.17. The zero-order valence-electron chi connectivity index (χ0n) is 13.6. The fourth-order valence-electron chi connectivity index (χ4n) is 3.07. The van der Waals surface area contributed by atoms with Gasteiger partial charge in [-0.1, -0.05) is 24.3 Å². The van der Waals surface area contributed by atoms with Crippen molar-refractivity contribution in [3.8, 4) is 5.75 Å². The highest BCUT2D eigenvalue weighted by atomic mass is 16.5. The Bertz CT molecular complexity index is 776. The summed E-state index contributed by atoms with van der Waals surface area (Å²) in [5.41, 5.74) is 2.95. The van der Waals surface area contributed by atoms with Crippen molar-refractivity contribution >= 4 is 11.0 Å². The second-order valence-electron chi connectivity index (χ2n) is 5.80. The first-order valence-corrected chi connectivity index (χ1v) is 8.12. The van der Waals surface area contributed by atoms with Crippen LogP contribution in [0.5, 0.6) is 5.75 Å². The molecule has 4 rings (SSSR count). The zero-order chi connectivity index (χ0) is 16.4. The van der Waals surface area contributed by atoms with Crippen molar-refractivity contribution in [2.24, 2.45) is 0 Å². The van der Waals surface area contributed by atoms with Gasteiger partial charge in [-0.2, -0.15) is 15.0 Å². The lowest BCUT2D eigenvalue weighted by Crippen LogP contribution is -2.42. The molecule has 1 unspecified atom stereocenters. The Balaban J connectivity index is 1.76. The number of ether oxygens (including phenoxy) is 2. The molecule has 0 amide bonds. The predicted octanol–water partition coefficient (Wildman–Crippen LogP) is 2.32. The van der Waals surface area contributed by atoms with Gasteiger partial charge in [0.1, 0.15) is 22.9 Å². The molecule has 2 aromatic carbocycles. The molecule has 0 N–H and O–H groups in total. The molecule has 0 spiro atoms. The molecule has 1 aliphatic heterocycles. The number of hydrogen-bond donors (Lipinski definition) is 0. The molecule has 1 saturated heterocycles. The summed E-state index contributed by atoms with van der Waals surface area (Å²) in [6.45, 7) is 3.17. The van der Waals surface area contributed by atoms with Crippen LogP contribution in [0.1, 0.15) is 11.7 Å². The van der Waals surface area contributed by atoms with Crippen LogP contribution in [0.2, 0.25) is 0 Å². The van der Waals surface area contributed by atoms with E-state index in [4.69, 9.17) is 19.7 Å². The lowest BCUT2D eigenvalue weighted by Gasteiger charge is -2.33. The van der Waals surface area contributed by atoms with E-state index in [1.165, 1.54) is 0 Å². The number of methoxy groups -OCH3 is 1. The molecule has 2 heterocycles. The molecular weight excluding hydrogens is 304 g/mol. The fraction of sp³-hybridized carbons (Fsp3) is 0.333. The van der Waals surface area contributed by atoms with Crippen LogP contribution in [-0.4, -0.2) is 53.3 Å². The van der Waals surface area contributed by atoms with Gasteiger partial charge in [-0.3, -0.25) is 4.90 Å². The Hall–Kier alpha value is -2.44. The Morgan fingerprint density at radius 3 is 2.17 bits per heavy atom. The molecule has 0 aliphatic carbocycles. The Kier molecular flexibility index (Phi) is 4.15. The molecule has 1 aromatic heterocycles. The lowest BCUT2D eigenvalue weighted by molar-refractivity contribution is 0.00325. The van der Waals surface area contributed by atoms with Crippen LogP contribution >= 0.6 is 0 Å². The summed E-state index contributed by atoms with van der Waals surface area (Å²) < 4.78 is 10.8. The molecule has 1 aliphatic rings. The molecule has 0 saturated carbocycles. The van der Waals surface area contributed by atoms with Crippen molar-refractivity contribution in [1.82, 2.24) is 19.9 Å². The van der Waals surface area contributed by atoms with Gasteiger partial charge in [0.2, 0.25) is 0 Å². The second kappa shape index (κ2) is 6.59. The van der Waals surface area contributed by atoms with Crippen LogP contribution in [0.25, 0.3) is 11.0 Å². The molecule has 124 valence electrons. The van der Waals surface area contributed by atoms with Gasteiger partial charge in [-0.05, 0) is 29.8 Å². The number of aromatic nitrogens is 3. The van der Waals surface area contributed by atoms with E-state index < -0.39 is 0 Å². The third-order valence-corrected chi connectivity index (χ3v) is 4.33. The summed E-state index contributed by atoms with van der Waals surface area (Å²) in [7, 11) is 1.68. The van der Waals surface area contributed by atoms with Crippen molar-refractivity contribution in [2.75, 3.05) is 33.4 Å². The summed E-state index contributed by atoms with van der Waals surface area (Å²) >= 11 is 0. The minimum Gasteiger partial charge on any atom is -0.497 e. The van der Waals surface area contributed by atoms with Crippen molar-refractivity contribution in [3.05, 3.63) is 54.1 Å². The SMILES string of the molecule is COc1ccc(C(N2CCOCC2)n2nc3ccccc3n2)cc1. The number of benzene rings is 2. The minimum absolute atomic E-state index is 0.0489. The average molecular weight is 324 g/mol. The molecular formula is C18H20N4O2. The zero-order valence-corrected chi connectivity index (χ0v) is 13.6. The van der Waals surface area contributed by atoms with E-state index in [2.05, 4.69) is 17.0 Å². The van der Waals surface area contributed by atoms with Gasteiger partial charge < -0.3 is 9.47 Å². The Labute approximate surface area is 140 Å². The quantitative estimate of drug-likeness (QED) is 0.737. The highest BCUT2D eigenvalue weighted by Gasteiger charge is 2.26. The van der Waals surface area contributed by atoms with E-state index in [1.54, 1.807) is 7.11 Å². The fourth-order valence-corrected chi connectivity index (χ4v) is 3.07. The van der Waals surface area contributed by atoms with Gasteiger partial charge in [0, 0.05) is 13.1 Å². The predicted molar refractivity (Wildman–Crippen MR) is 91.1 cm³/mol. The van der Waals surface area contributed by atoms with E-state index in [-0.39, 0.29) is 6.17 Å². The molecule has 1 atom stereocenters. The van der Waals surface area contributed by atoms with Gasteiger partial charge in [-0.25, -0.2) is 0 Å². The number of fused-ring (bicyclic) bond motifs is 1. The van der Waals surface area contributed by atoms with Gasteiger partial charge in [0.15, 0.2) is 0 Å². The van der Waals surface area contributed by atoms with Crippen LogP contribution in [0.15, 0.2) is 48.5 Å². The lowest BCUT2D eigenvalue weighted by atomic mass is 10.1. The molecule has 0 radical (unpaired) electrons. The topological polar surface area (TPSA) is 52.4 Å². The number of hydrogen-bond acceptors (Lipinski definition) is 5. The largest absolute Gasteiger partial charge is 0.497 e. The molecule has 6 heteroatoms. The van der Waals surface area contributed by atoms with Crippen molar-refractivity contribution < 1.29 is 9.47 Å². The van der Waals surface area contributed by atoms with Crippen molar-refractivity contribution in [3.63, 3.8) is 0 Å². The summed E-state index contributed by atoms with van der Waals surface area (Å²) in [6, 6.07) is 16.1. The third kappa shape index (κ3) is 2.86. The van der Waals surface area contributed by atoms with Crippen LogP contribution in [0, 0.1) is 0 Å². The third-order valence-electron chi connectivity index (χ3n) is 4.33. The second-order valence-corrected chi connectivity index (χ2v) is 5.80. The first-order valence-electron chi connectivity index (χ1n) is 8.12. The van der Waals surface area contributed by atoms with Gasteiger partial charge >= 0.3 is 0 Å². The maximum atomic E-state index is 5.51. The first kappa shape index (κ1) is 15.1. The van der Waals surface area contributed by atoms with Crippen LogP contribution in [0.4, 0.5) is 0 Å². The minimum atomic E-state index is -0.0489. The maximum Gasteiger partial charge on any atom is 0.150 e.